The van der Waals surface area contributed by atoms with Crippen molar-refractivity contribution in [2.75, 3.05) is 13.2 Å². The number of aryl methyl sites for hydroxylation is 1. The summed E-state index contributed by atoms with van der Waals surface area (Å²) in [6, 6.07) is 5.62. The van der Waals surface area contributed by atoms with E-state index in [2.05, 4.69) is 4.98 Å². The third-order valence-corrected chi connectivity index (χ3v) is 1.86. The van der Waals surface area contributed by atoms with E-state index >= 15 is 0 Å². The van der Waals surface area contributed by atoms with Gasteiger partial charge in [-0.1, -0.05) is 6.07 Å². The Balaban J connectivity index is 2.42. The standard InChI is InChI=1S/C10H12N2O2/c1-7-12-8-3-2-4-9(10(8)14-7)13-6-5-11/h2-4H,5-6,11H2,1H3. The average Bonchev–Trinajstić information content (AvgIpc) is 2.55. The molecule has 2 N–H and O–H groups in total. The lowest BCUT2D eigenvalue weighted by Gasteiger charge is -2.03. The highest BCUT2D eigenvalue weighted by molar-refractivity contribution is 5.79. The van der Waals surface area contributed by atoms with Crippen molar-refractivity contribution in [1.82, 2.24) is 4.98 Å². The van der Waals surface area contributed by atoms with E-state index in [9.17, 15) is 0 Å². The molecule has 0 bridgehead atoms. The quantitative estimate of drug-likeness (QED) is 0.800. The molecule has 14 heavy (non-hydrogen) atoms. The number of rotatable bonds is 3. The number of nitrogens with zero attached hydrogens (tertiary/aromatic N) is 1. The van der Waals surface area contributed by atoms with E-state index in [-0.39, 0.29) is 0 Å². The zero-order chi connectivity index (χ0) is 9.97. The van der Waals surface area contributed by atoms with Crippen LogP contribution in [-0.4, -0.2) is 18.1 Å². The Bertz CT molecular complexity index is 437. The first-order valence-electron chi connectivity index (χ1n) is 4.50. The van der Waals surface area contributed by atoms with Crippen LogP contribution in [0.2, 0.25) is 0 Å². The summed E-state index contributed by atoms with van der Waals surface area (Å²) >= 11 is 0. The van der Waals surface area contributed by atoms with Crippen LogP contribution in [0.15, 0.2) is 22.6 Å². The van der Waals surface area contributed by atoms with Gasteiger partial charge in [0.05, 0.1) is 0 Å². The topological polar surface area (TPSA) is 61.3 Å². The fourth-order valence-corrected chi connectivity index (χ4v) is 1.32. The second kappa shape index (κ2) is 3.67. The van der Waals surface area contributed by atoms with Crippen LogP contribution in [-0.2, 0) is 0 Å². The molecular weight excluding hydrogens is 180 g/mol. The molecular formula is C10H12N2O2. The van der Waals surface area contributed by atoms with Gasteiger partial charge in [0.25, 0.3) is 0 Å². The maximum atomic E-state index is 5.42. The lowest BCUT2D eigenvalue weighted by Crippen LogP contribution is -2.10. The second-order valence-corrected chi connectivity index (χ2v) is 2.97. The highest BCUT2D eigenvalue weighted by Crippen LogP contribution is 2.25. The lowest BCUT2D eigenvalue weighted by molar-refractivity contribution is 0.326. The third kappa shape index (κ3) is 1.56. The Morgan fingerprint density at radius 1 is 1.50 bits per heavy atom. The van der Waals surface area contributed by atoms with E-state index in [1.165, 1.54) is 0 Å². The van der Waals surface area contributed by atoms with Crippen LogP contribution in [0.5, 0.6) is 5.75 Å². The number of aromatic nitrogens is 1. The molecule has 1 aromatic carbocycles. The van der Waals surface area contributed by atoms with Gasteiger partial charge in [-0.05, 0) is 12.1 Å². The van der Waals surface area contributed by atoms with Gasteiger partial charge in [0.15, 0.2) is 17.2 Å². The zero-order valence-electron chi connectivity index (χ0n) is 7.99. The monoisotopic (exact) mass is 192 g/mol. The summed E-state index contributed by atoms with van der Waals surface area (Å²) in [5.41, 5.74) is 6.86. The first-order chi connectivity index (χ1) is 6.81. The van der Waals surface area contributed by atoms with Gasteiger partial charge in [0.1, 0.15) is 12.1 Å². The molecule has 0 atom stereocenters. The average molecular weight is 192 g/mol. The summed E-state index contributed by atoms with van der Waals surface area (Å²) in [5.74, 6) is 1.34. The van der Waals surface area contributed by atoms with Crippen molar-refractivity contribution in [3.63, 3.8) is 0 Å². The van der Waals surface area contributed by atoms with Crippen molar-refractivity contribution >= 4 is 11.1 Å². The molecule has 0 amide bonds. The van der Waals surface area contributed by atoms with Gasteiger partial charge in [0, 0.05) is 13.5 Å². The van der Waals surface area contributed by atoms with Crippen molar-refractivity contribution in [3.8, 4) is 5.75 Å². The van der Waals surface area contributed by atoms with Gasteiger partial charge in [-0.3, -0.25) is 0 Å². The van der Waals surface area contributed by atoms with Crippen molar-refractivity contribution < 1.29 is 9.15 Å². The number of fused-ring (bicyclic) bond motifs is 1. The number of para-hydroxylation sites is 1. The van der Waals surface area contributed by atoms with Crippen LogP contribution in [0.3, 0.4) is 0 Å². The van der Waals surface area contributed by atoms with Crippen LogP contribution in [0.4, 0.5) is 0 Å². The molecule has 4 heteroatoms. The summed E-state index contributed by atoms with van der Waals surface area (Å²) in [7, 11) is 0. The van der Waals surface area contributed by atoms with Gasteiger partial charge in [-0.25, -0.2) is 4.98 Å². The van der Waals surface area contributed by atoms with Gasteiger partial charge in [0.2, 0.25) is 0 Å². The fraction of sp³-hybridized carbons (Fsp3) is 0.300. The number of nitrogens with two attached hydrogens (primary N) is 1. The van der Waals surface area contributed by atoms with Crippen LogP contribution in [0, 0.1) is 6.92 Å². The van der Waals surface area contributed by atoms with Gasteiger partial charge in [-0.2, -0.15) is 0 Å². The van der Waals surface area contributed by atoms with E-state index in [0.29, 0.717) is 30.4 Å². The van der Waals surface area contributed by atoms with Gasteiger partial charge < -0.3 is 14.9 Å². The summed E-state index contributed by atoms with van der Waals surface area (Å²) in [6.07, 6.45) is 0. The summed E-state index contributed by atoms with van der Waals surface area (Å²) < 4.78 is 10.8. The van der Waals surface area contributed by atoms with Crippen molar-refractivity contribution in [3.05, 3.63) is 24.1 Å². The molecule has 1 aromatic heterocycles. The van der Waals surface area contributed by atoms with Gasteiger partial charge >= 0.3 is 0 Å². The predicted molar refractivity (Wildman–Crippen MR) is 53.3 cm³/mol. The highest BCUT2D eigenvalue weighted by atomic mass is 16.5. The molecule has 0 saturated heterocycles. The largest absolute Gasteiger partial charge is 0.488 e. The molecule has 2 rings (SSSR count). The molecule has 0 aliphatic carbocycles. The number of hydrogen-bond donors (Lipinski definition) is 1. The van der Waals surface area contributed by atoms with Crippen LogP contribution < -0.4 is 10.5 Å². The summed E-state index contributed by atoms with van der Waals surface area (Å²) in [4.78, 5) is 4.20. The van der Waals surface area contributed by atoms with E-state index < -0.39 is 0 Å². The molecule has 0 unspecified atom stereocenters. The van der Waals surface area contributed by atoms with E-state index in [1.807, 2.05) is 25.1 Å². The molecule has 0 spiro atoms. The Hall–Kier alpha value is -1.55. The summed E-state index contributed by atoms with van der Waals surface area (Å²) in [6.45, 7) is 2.79. The molecule has 4 nitrogen and oxygen atoms in total. The molecule has 2 aromatic rings. The first kappa shape index (κ1) is 9.02. The van der Waals surface area contributed by atoms with Crippen LogP contribution in [0.25, 0.3) is 11.1 Å². The van der Waals surface area contributed by atoms with Crippen molar-refractivity contribution in [2.45, 2.75) is 6.92 Å². The second-order valence-electron chi connectivity index (χ2n) is 2.97. The maximum Gasteiger partial charge on any atom is 0.196 e. The number of oxazole rings is 1. The zero-order valence-corrected chi connectivity index (χ0v) is 7.99. The normalized spacial score (nSPS) is 10.7. The Labute approximate surface area is 81.7 Å². The van der Waals surface area contributed by atoms with E-state index in [4.69, 9.17) is 14.9 Å². The smallest absolute Gasteiger partial charge is 0.196 e. The number of benzene rings is 1. The maximum absolute atomic E-state index is 5.42. The van der Waals surface area contributed by atoms with E-state index in [1.54, 1.807) is 0 Å². The molecule has 1 heterocycles. The number of hydrogen-bond acceptors (Lipinski definition) is 4. The minimum Gasteiger partial charge on any atom is -0.488 e. The van der Waals surface area contributed by atoms with Gasteiger partial charge in [-0.15, -0.1) is 0 Å². The van der Waals surface area contributed by atoms with Crippen LogP contribution >= 0.6 is 0 Å². The van der Waals surface area contributed by atoms with Crippen LogP contribution in [0.1, 0.15) is 5.89 Å². The minimum atomic E-state index is 0.485. The van der Waals surface area contributed by atoms with E-state index in [0.717, 1.165) is 5.52 Å². The molecule has 0 saturated carbocycles. The fourth-order valence-electron chi connectivity index (χ4n) is 1.32. The molecule has 0 aliphatic rings. The van der Waals surface area contributed by atoms with Crippen molar-refractivity contribution in [2.24, 2.45) is 5.73 Å². The Kier molecular flexibility index (Phi) is 2.37. The first-order valence-corrected chi connectivity index (χ1v) is 4.50. The lowest BCUT2D eigenvalue weighted by atomic mass is 10.3. The SMILES string of the molecule is Cc1nc2cccc(OCCN)c2o1. The molecule has 0 fully saturated rings. The van der Waals surface area contributed by atoms with Crippen molar-refractivity contribution in [1.29, 1.82) is 0 Å². The molecule has 0 aliphatic heterocycles. The highest BCUT2D eigenvalue weighted by Gasteiger charge is 2.07. The molecule has 74 valence electrons. The Morgan fingerprint density at radius 3 is 3.14 bits per heavy atom. The third-order valence-electron chi connectivity index (χ3n) is 1.86. The Morgan fingerprint density at radius 2 is 2.36 bits per heavy atom. The number of ether oxygens (including phenoxy) is 1. The molecule has 0 radical (unpaired) electrons. The summed E-state index contributed by atoms with van der Waals surface area (Å²) in [5, 5.41) is 0. The predicted octanol–water partition coefficient (Wildman–Crippen LogP) is 1.47. The minimum absolute atomic E-state index is 0.485.